The number of aromatic nitrogens is 1. The van der Waals surface area contributed by atoms with Crippen LogP contribution in [0.4, 0.5) is 5.82 Å². The Hall–Kier alpha value is -1.36. The molecule has 1 saturated heterocycles. The highest BCUT2D eigenvalue weighted by Gasteiger charge is 2.20. The van der Waals surface area contributed by atoms with E-state index in [0.717, 1.165) is 36.5 Å². The summed E-state index contributed by atoms with van der Waals surface area (Å²) in [5, 5.41) is 0. The number of rotatable bonds is 2. The highest BCUT2D eigenvalue weighted by Crippen LogP contribution is 2.16. The Bertz CT molecular complexity index is 436. The second-order valence-corrected chi connectivity index (χ2v) is 5.06. The fourth-order valence-corrected chi connectivity index (χ4v) is 2.19. The largest absolute Gasteiger partial charge is 0.353 e. The summed E-state index contributed by atoms with van der Waals surface area (Å²) in [6.07, 6.45) is 5.20. The molecule has 2 rings (SSSR count). The average molecular weight is 310 g/mol. The minimum Gasteiger partial charge on any atom is -0.353 e. The monoisotopic (exact) mass is 309 g/mol. The van der Waals surface area contributed by atoms with E-state index < -0.39 is 0 Å². The predicted octanol–water partition coefficient (Wildman–Crippen LogP) is 2.07. The second kappa shape index (κ2) is 6.00. The molecule has 0 saturated carbocycles. The van der Waals surface area contributed by atoms with Crippen LogP contribution < -0.4 is 4.90 Å². The molecule has 0 spiro atoms. The van der Waals surface area contributed by atoms with Gasteiger partial charge in [-0.3, -0.25) is 4.79 Å². The number of halogens is 1. The van der Waals surface area contributed by atoms with Crippen LogP contribution in [0.5, 0.6) is 0 Å². The summed E-state index contributed by atoms with van der Waals surface area (Å²) in [5.41, 5.74) is 0. The van der Waals surface area contributed by atoms with Crippen molar-refractivity contribution in [2.75, 3.05) is 31.1 Å². The number of piperazine rings is 1. The third-order valence-corrected chi connectivity index (χ3v) is 3.41. The summed E-state index contributed by atoms with van der Waals surface area (Å²) < 4.78 is 0.980. The van der Waals surface area contributed by atoms with Gasteiger partial charge in [-0.15, -0.1) is 0 Å². The van der Waals surface area contributed by atoms with E-state index in [1.807, 2.05) is 24.0 Å². The maximum atomic E-state index is 11.7. The Morgan fingerprint density at radius 3 is 2.61 bits per heavy atom. The molecular weight excluding hydrogens is 294 g/mol. The van der Waals surface area contributed by atoms with Crippen LogP contribution in [0.25, 0.3) is 0 Å². The Labute approximate surface area is 115 Å². The molecular formula is C13H16BrN3O. The molecule has 0 bridgehead atoms. The second-order valence-electron chi connectivity index (χ2n) is 4.15. The Morgan fingerprint density at radius 2 is 2.06 bits per heavy atom. The zero-order chi connectivity index (χ0) is 13.0. The maximum Gasteiger partial charge on any atom is 0.246 e. The van der Waals surface area contributed by atoms with Crippen LogP contribution in [-0.4, -0.2) is 42.0 Å². The van der Waals surface area contributed by atoms with Crippen molar-refractivity contribution >= 4 is 27.7 Å². The summed E-state index contributed by atoms with van der Waals surface area (Å²) in [6.45, 7) is 5.03. The van der Waals surface area contributed by atoms with Gasteiger partial charge < -0.3 is 9.80 Å². The molecule has 1 amide bonds. The molecule has 0 N–H and O–H groups in total. The van der Waals surface area contributed by atoms with Crippen molar-refractivity contribution in [3.8, 4) is 0 Å². The van der Waals surface area contributed by atoms with Crippen LogP contribution in [0.2, 0.25) is 0 Å². The van der Waals surface area contributed by atoms with E-state index in [0.29, 0.717) is 0 Å². The topological polar surface area (TPSA) is 36.4 Å². The zero-order valence-corrected chi connectivity index (χ0v) is 11.9. The fourth-order valence-electron chi connectivity index (χ4n) is 1.96. The van der Waals surface area contributed by atoms with Gasteiger partial charge in [-0.1, -0.05) is 6.08 Å². The summed E-state index contributed by atoms with van der Waals surface area (Å²) in [5.74, 6) is 1.07. The van der Waals surface area contributed by atoms with Crippen molar-refractivity contribution in [1.82, 2.24) is 9.88 Å². The van der Waals surface area contributed by atoms with E-state index >= 15 is 0 Å². The number of carbonyl (C=O) groups excluding carboxylic acids is 1. The molecule has 0 unspecified atom stereocenters. The van der Waals surface area contributed by atoms with Gasteiger partial charge in [0.15, 0.2) is 0 Å². The summed E-state index contributed by atoms with van der Waals surface area (Å²) in [7, 11) is 0. The number of nitrogens with zero attached hydrogens (tertiary/aromatic N) is 3. The van der Waals surface area contributed by atoms with Crippen molar-refractivity contribution < 1.29 is 4.79 Å². The highest BCUT2D eigenvalue weighted by molar-refractivity contribution is 9.10. The van der Waals surface area contributed by atoms with Crippen LogP contribution in [0.3, 0.4) is 0 Å². The van der Waals surface area contributed by atoms with E-state index in [1.165, 1.54) is 0 Å². The first-order valence-electron chi connectivity index (χ1n) is 5.99. The molecule has 96 valence electrons. The fraction of sp³-hybridized carbons (Fsp3) is 0.385. The first-order chi connectivity index (χ1) is 8.70. The van der Waals surface area contributed by atoms with Gasteiger partial charge in [0.25, 0.3) is 0 Å². The smallest absolute Gasteiger partial charge is 0.246 e. The number of allylic oxidation sites excluding steroid dienone is 1. The van der Waals surface area contributed by atoms with E-state index in [1.54, 1.807) is 18.3 Å². The Balaban J connectivity index is 1.94. The molecule has 1 aromatic rings. The SMILES string of the molecule is CC=CC(=O)N1CCN(c2ccc(Br)cn2)CC1. The van der Waals surface area contributed by atoms with E-state index in [-0.39, 0.29) is 5.91 Å². The Morgan fingerprint density at radius 1 is 1.33 bits per heavy atom. The van der Waals surface area contributed by atoms with Crippen LogP contribution >= 0.6 is 15.9 Å². The highest BCUT2D eigenvalue weighted by atomic mass is 79.9. The van der Waals surface area contributed by atoms with Crippen LogP contribution in [0.15, 0.2) is 35.0 Å². The zero-order valence-electron chi connectivity index (χ0n) is 10.3. The lowest BCUT2D eigenvalue weighted by Gasteiger charge is -2.34. The molecule has 0 radical (unpaired) electrons. The van der Waals surface area contributed by atoms with Gasteiger partial charge in [-0.05, 0) is 41.1 Å². The van der Waals surface area contributed by atoms with Gasteiger partial charge in [-0.2, -0.15) is 0 Å². The van der Waals surface area contributed by atoms with Gasteiger partial charge in [0.05, 0.1) is 0 Å². The number of anilines is 1. The third kappa shape index (κ3) is 3.10. The summed E-state index contributed by atoms with van der Waals surface area (Å²) in [6, 6.07) is 3.98. The average Bonchev–Trinajstić information content (AvgIpc) is 2.40. The first kappa shape index (κ1) is 13.1. The van der Waals surface area contributed by atoms with Gasteiger partial charge in [0.1, 0.15) is 5.82 Å². The number of hydrogen-bond acceptors (Lipinski definition) is 3. The molecule has 1 fully saturated rings. The first-order valence-corrected chi connectivity index (χ1v) is 6.78. The molecule has 18 heavy (non-hydrogen) atoms. The number of pyridine rings is 1. The van der Waals surface area contributed by atoms with Gasteiger partial charge in [0, 0.05) is 36.8 Å². The maximum absolute atomic E-state index is 11.7. The van der Waals surface area contributed by atoms with Crippen molar-refractivity contribution in [2.24, 2.45) is 0 Å². The molecule has 2 heterocycles. The van der Waals surface area contributed by atoms with Gasteiger partial charge in [-0.25, -0.2) is 4.98 Å². The molecule has 0 atom stereocenters. The minimum absolute atomic E-state index is 0.0981. The quantitative estimate of drug-likeness (QED) is 0.785. The molecule has 1 aromatic heterocycles. The lowest BCUT2D eigenvalue weighted by Crippen LogP contribution is -2.48. The standard InChI is InChI=1S/C13H16BrN3O/c1-2-3-13(18)17-8-6-16(7-9-17)12-5-4-11(14)10-15-12/h2-5,10H,6-9H2,1H3. The number of carbonyl (C=O) groups is 1. The number of hydrogen-bond donors (Lipinski definition) is 0. The molecule has 1 aliphatic heterocycles. The third-order valence-electron chi connectivity index (χ3n) is 2.94. The molecule has 0 aliphatic carbocycles. The minimum atomic E-state index is 0.0981. The van der Waals surface area contributed by atoms with Gasteiger partial charge >= 0.3 is 0 Å². The lowest BCUT2D eigenvalue weighted by atomic mass is 10.3. The summed E-state index contributed by atoms with van der Waals surface area (Å²) in [4.78, 5) is 20.1. The van der Waals surface area contributed by atoms with Crippen LogP contribution in [-0.2, 0) is 4.79 Å². The van der Waals surface area contributed by atoms with E-state index in [4.69, 9.17) is 0 Å². The van der Waals surface area contributed by atoms with Gasteiger partial charge in [0.2, 0.25) is 5.91 Å². The van der Waals surface area contributed by atoms with Crippen LogP contribution in [0.1, 0.15) is 6.92 Å². The predicted molar refractivity (Wildman–Crippen MR) is 75.5 cm³/mol. The van der Waals surface area contributed by atoms with Crippen molar-refractivity contribution in [2.45, 2.75) is 6.92 Å². The normalized spacial score (nSPS) is 16.3. The van der Waals surface area contributed by atoms with E-state index in [2.05, 4.69) is 25.8 Å². The summed E-state index contributed by atoms with van der Waals surface area (Å²) >= 11 is 3.37. The Kier molecular flexibility index (Phi) is 4.36. The lowest BCUT2D eigenvalue weighted by molar-refractivity contribution is -0.126. The van der Waals surface area contributed by atoms with Crippen molar-refractivity contribution in [3.05, 3.63) is 35.0 Å². The molecule has 5 heteroatoms. The van der Waals surface area contributed by atoms with Crippen molar-refractivity contribution in [3.63, 3.8) is 0 Å². The number of amides is 1. The van der Waals surface area contributed by atoms with Crippen LogP contribution in [0, 0.1) is 0 Å². The van der Waals surface area contributed by atoms with E-state index in [9.17, 15) is 4.79 Å². The molecule has 1 aliphatic rings. The molecule has 4 nitrogen and oxygen atoms in total. The van der Waals surface area contributed by atoms with Crippen molar-refractivity contribution in [1.29, 1.82) is 0 Å². The molecule has 0 aromatic carbocycles.